The van der Waals surface area contributed by atoms with Crippen molar-refractivity contribution >= 4 is 35.6 Å². The van der Waals surface area contributed by atoms with Crippen LogP contribution in [0.5, 0.6) is 0 Å². The Balaban J connectivity index is 0.00000243. The monoisotopic (exact) mass is 465 g/mol. The molecule has 0 aromatic carbocycles. The molecule has 3 aromatic rings. The maximum Gasteiger partial charge on any atom is 0.191 e. The minimum absolute atomic E-state index is 0. The lowest BCUT2D eigenvalue weighted by molar-refractivity contribution is 0.785. The third-order valence-electron chi connectivity index (χ3n) is 3.93. The number of aromatic nitrogens is 4. The fraction of sp³-hybridized carbons (Fsp3) is 0.333. The summed E-state index contributed by atoms with van der Waals surface area (Å²) in [6.45, 7) is 6.21. The number of hydrogen-bond acceptors (Lipinski definition) is 4. The molecule has 8 heteroatoms. The predicted octanol–water partition coefficient (Wildman–Crippen LogP) is 2.35. The summed E-state index contributed by atoms with van der Waals surface area (Å²) in [7, 11) is 0. The molecular formula is C18H24IN7. The van der Waals surface area contributed by atoms with Crippen molar-refractivity contribution in [3.05, 3.63) is 59.8 Å². The fourth-order valence-electron chi connectivity index (χ4n) is 2.59. The van der Waals surface area contributed by atoms with Gasteiger partial charge in [-0.25, -0.2) is 4.99 Å². The van der Waals surface area contributed by atoms with E-state index in [2.05, 4.69) is 50.7 Å². The first-order valence-corrected chi connectivity index (χ1v) is 8.48. The van der Waals surface area contributed by atoms with Crippen LogP contribution < -0.4 is 10.6 Å². The van der Waals surface area contributed by atoms with E-state index in [0.29, 0.717) is 6.54 Å². The van der Waals surface area contributed by atoms with Gasteiger partial charge in [-0.3, -0.25) is 9.38 Å². The second kappa shape index (κ2) is 10.0. The van der Waals surface area contributed by atoms with E-state index in [1.807, 2.05) is 41.2 Å². The first-order chi connectivity index (χ1) is 12.3. The second-order valence-electron chi connectivity index (χ2n) is 5.72. The van der Waals surface area contributed by atoms with Gasteiger partial charge in [0.25, 0.3) is 0 Å². The Hall–Kier alpha value is -2.23. The molecule has 0 saturated heterocycles. The Morgan fingerprint density at radius 1 is 1.19 bits per heavy atom. The van der Waals surface area contributed by atoms with Crippen LogP contribution in [-0.4, -0.2) is 38.6 Å². The highest BCUT2D eigenvalue weighted by Crippen LogP contribution is 2.05. The fourth-order valence-corrected chi connectivity index (χ4v) is 2.59. The molecule has 2 N–H and O–H groups in total. The van der Waals surface area contributed by atoms with Gasteiger partial charge in [0.15, 0.2) is 17.4 Å². The van der Waals surface area contributed by atoms with Gasteiger partial charge in [0.1, 0.15) is 6.54 Å². The predicted molar refractivity (Wildman–Crippen MR) is 114 cm³/mol. The summed E-state index contributed by atoms with van der Waals surface area (Å²) in [5.74, 6) is 1.60. The van der Waals surface area contributed by atoms with E-state index in [1.54, 1.807) is 0 Å². The van der Waals surface area contributed by atoms with E-state index in [1.165, 1.54) is 11.1 Å². The molecule has 0 aliphatic heterocycles. The number of rotatable bonds is 6. The number of hydrogen-bond donors (Lipinski definition) is 2. The lowest BCUT2D eigenvalue weighted by atomic mass is 10.1. The minimum Gasteiger partial charge on any atom is -0.357 e. The Kier molecular flexibility index (Phi) is 7.76. The van der Waals surface area contributed by atoms with Gasteiger partial charge in [0.05, 0.1) is 0 Å². The summed E-state index contributed by atoms with van der Waals surface area (Å²) in [4.78, 5) is 8.75. The number of nitrogens with one attached hydrogen (secondary N) is 2. The van der Waals surface area contributed by atoms with E-state index in [0.717, 1.165) is 36.9 Å². The minimum atomic E-state index is 0. The normalized spacial score (nSPS) is 11.2. The molecule has 0 amide bonds. The van der Waals surface area contributed by atoms with Crippen molar-refractivity contribution in [1.82, 2.24) is 30.2 Å². The van der Waals surface area contributed by atoms with Crippen molar-refractivity contribution in [1.29, 1.82) is 0 Å². The lowest BCUT2D eigenvalue weighted by Crippen LogP contribution is -2.38. The maximum atomic E-state index is 4.62. The van der Waals surface area contributed by atoms with Crippen molar-refractivity contribution in [3.63, 3.8) is 0 Å². The number of guanidine groups is 1. The number of halogens is 1. The zero-order chi connectivity index (χ0) is 17.5. The first kappa shape index (κ1) is 20.1. The first-order valence-electron chi connectivity index (χ1n) is 8.48. The van der Waals surface area contributed by atoms with Crippen LogP contribution in [0, 0.1) is 6.92 Å². The van der Waals surface area contributed by atoms with E-state index in [4.69, 9.17) is 0 Å². The number of fused-ring (bicyclic) bond motifs is 1. The van der Waals surface area contributed by atoms with E-state index in [9.17, 15) is 0 Å². The quantitative estimate of drug-likeness (QED) is 0.332. The summed E-state index contributed by atoms with van der Waals surface area (Å²) in [6, 6.07) is 7.90. The number of pyridine rings is 2. The molecule has 3 heterocycles. The highest BCUT2D eigenvalue weighted by molar-refractivity contribution is 14.0. The largest absolute Gasteiger partial charge is 0.357 e. The molecule has 0 unspecified atom stereocenters. The zero-order valence-corrected chi connectivity index (χ0v) is 17.3. The zero-order valence-electron chi connectivity index (χ0n) is 15.0. The molecule has 26 heavy (non-hydrogen) atoms. The average molecular weight is 465 g/mol. The van der Waals surface area contributed by atoms with Gasteiger partial charge >= 0.3 is 0 Å². The Bertz CT molecular complexity index is 859. The van der Waals surface area contributed by atoms with Gasteiger partial charge in [-0.2, -0.15) is 0 Å². The van der Waals surface area contributed by atoms with E-state index in [-0.39, 0.29) is 24.0 Å². The highest BCUT2D eigenvalue weighted by Gasteiger charge is 2.05. The molecule has 0 fully saturated rings. The summed E-state index contributed by atoms with van der Waals surface area (Å²) < 4.78 is 1.95. The second-order valence-corrected chi connectivity index (χ2v) is 5.72. The molecule has 3 aromatic heterocycles. The topological polar surface area (TPSA) is 79.5 Å². The SMILES string of the molecule is CCNC(=NCc1nnc2ccccn12)NCCc1ccncc1C.I. The summed E-state index contributed by atoms with van der Waals surface area (Å²) in [5, 5.41) is 15.0. The van der Waals surface area contributed by atoms with Crippen molar-refractivity contribution in [2.75, 3.05) is 13.1 Å². The average Bonchev–Trinajstić information content (AvgIpc) is 3.04. The molecule has 0 spiro atoms. The molecule has 0 radical (unpaired) electrons. The summed E-state index contributed by atoms with van der Waals surface area (Å²) in [6.07, 6.45) is 6.60. The van der Waals surface area contributed by atoms with Gasteiger partial charge < -0.3 is 10.6 Å². The Morgan fingerprint density at radius 3 is 2.88 bits per heavy atom. The van der Waals surface area contributed by atoms with Crippen LogP contribution in [0.2, 0.25) is 0 Å². The van der Waals surface area contributed by atoms with Crippen LogP contribution in [-0.2, 0) is 13.0 Å². The van der Waals surface area contributed by atoms with Crippen LogP contribution in [0.25, 0.3) is 5.65 Å². The van der Waals surface area contributed by atoms with Gasteiger partial charge in [-0.05, 0) is 49.6 Å². The standard InChI is InChI=1S/C18H23N7.HI/c1-3-20-18(21-10-8-15-7-9-19-12-14(15)2)22-13-17-24-23-16-6-4-5-11-25(16)17;/h4-7,9,11-12H,3,8,10,13H2,1-2H3,(H2,20,21,22);1H. The maximum absolute atomic E-state index is 4.62. The lowest BCUT2D eigenvalue weighted by Gasteiger charge is -2.11. The summed E-state index contributed by atoms with van der Waals surface area (Å²) >= 11 is 0. The molecule has 0 aliphatic rings. The molecule has 0 aliphatic carbocycles. The van der Waals surface area contributed by atoms with Gasteiger partial charge in [-0.15, -0.1) is 34.2 Å². The molecule has 0 atom stereocenters. The van der Waals surface area contributed by atoms with Gasteiger partial charge in [0.2, 0.25) is 0 Å². The van der Waals surface area contributed by atoms with Crippen molar-refractivity contribution in [2.45, 2.75) is 26.8 Å². The van der Waals surface area contributed by atoms with Crippen molar-refractivity contribution in [3.8, 4) is 0 Å². The molecule has 7 nitrogen and oxygen atoms in total. The van der Waals surface area contributed by atoms with Crippen LogP contribution in [0.3, 0.4) is 0 Å². The van der Waals surface area contributed by atoms with Crippen LogP contribution >= 0.6 is 24.0 Å². The van der Waals surface area contributed by atoms with Crippen molar-refractivity contribution < 1.29 is 0 Å². The van der Waals surface area contributed by atoms with E-state index < -0.39 is 0 Å². The third kappa shape index (κ3) is 5.13. The summed E-state index contributed by atoms with van der Waals surface area (Å²) in [5.41, 5.74) is 3.33. The molecule has 0 bridgehead atoms. The van der Waals surface area contributed by atoms with Crippen molar-refractivity contribution in [2.24, 2.45) is 4.99 Å². The number of aliphatic imine (C=N–C) groups is 1. The van der Waals surface area contributed by atoms with Crippen LogP contribution in [0.4, 0.5) is 0 Å². The Labute approximate surface area is 170 Å². The molecule has 0 saturated carbocycles. The molecular weight excluding hydrogens is 441 g/mol. The number of aryl methyl sites for hydroxylation is 1. The number of nitrogens with zero attached hydrogens (tertiary/aromatic N) is 5. The highest BCUT2D eigenvalue weighted by atomic mass is 127. The third-order valence-corrected chi connectivity index (χ3v) is 3.93. The molecule has 3 rings (SSSR count). The van der Waals surface area contributed by atoms with Gasteiger partial charge in [-0.1, -0.05) is 6.07 Å². The Morgan fingerprint density at radius 2 is 2.08 bits per heavy atom. The van der Waals surface area contributed by atoms with E-state index >= 15 is 0 Å². The van der Waals surface area contributed by atoms with Crippen LogP contribution in [0.1, 0.15) is 23.9 Å². The van der Waals surface area contributed by atoms with Gasteiger partial charge in [0, 0.05) is 31.7 Å². The van der Waals surface area contributed by atoms with Crippen LogP contribution in [0.15, 0.2) is 47.8 Å². The molecule has 138 valence electrons. The smallest absolute Gasteiger partial charge is 0.191 e.